The van der Waals surface area contributed by atoms with E-state index >= 15 is 0 Å². The quantitative estimate of drug-likeness (QED) is 0.511. The maximum absolute atomic E-state index is 10.7. The van der Waals surface area contributed by atoms with Crippen molar-refractivity contribution in [2.75, 3.05) is 0 Å². The monoisotopic (exact) mass is 184 g/mol. The van der Waals surface area contributed by atoms with Gasteiger partial charge in [-0.2, -0.15) is 0 Å². The number of allylic oxidation sites excluding steroid dienone is 2. The molecule has 13 heavy (non-hydrogen) atoms. The number of carboxylic acids is 2. The molecule has 0 amide bonds. The molecule has 4 heteroatoms. The molecule has 1 saturated carbocycles. The number of rotatable bonds is 3. The summed E-state index contributed by atoms with van der Waals surface area (Å²) in [7, 11) is 0. The Balaban J connectivity index is 2.75. The maximum atomic E-state index is 10.7. The van der Waals surface area contributed by atoms with Crippen molar-refractivity contribution in [3.63, 3.8) is 0 Å². The lowest BCUT2D eigenvalue weighted by Crippen LogP contribution is -2.46. The van der Waals surface area contributed by atoms with E-state index in [4.69, 9.17) is 10.2 Å². The Morgan fingerprint density at radius 2 is 1.85 bits per heavy atom. The molecule has 4 nitrogen and oxygen atoms in total. The SMILES string of the molecule is CCC=C1CC(C(=O)O)(C(=O)O)C1. The first kappa shape index (κ1) is 9.77. The number of aliphatic carboxylic acids is 2. The van der Waals surface area contributed by atoms with Gasteiger partial charge in [0.2, 0.25) is 0 Å². The zero-order valence-electron chi connectivity index (χ0n) is 7.41. The van der Waals surface area contributed by atoms with Crippen LogP contribution in [0, 0.1) is 5.41 Å². The van der Waals surface area contributed by atoms with Gasteiger partial charge in [-0.25, -0.2) is 0 Å². The van der Waals surface area contributed by atoms with Crippen LogP contribution in [-0.2, 0) is 9.59 Å². The number of hydrogen-bond acceptors (Lipinski definition) is 2. The molecule has 1 fully saturated rings. The summed E-state index contributed by atoms with van der Waals surface area (Å²) in [6.45, 7) is 1.94. The van der Waals surface area contributed by atoms with E-state index in [1.165, 1.54) is 0 Å². The minimum Gasteiger partial charge on any atom is -0.480 e. The second-order valence-electron chi connectivity index (χ2n) is 3.32. The molecule has 72 valence electrons. The molecule has 0 aromatic carbocycles. The van der Waals surface area contributed by atoms with E-state index in [-0.39, 0.29) is 12.8 Å². The topological polar surface area (TPSA) is 74.6 Å². The van der Waals surface area contributed by atoms with Gasteiger partial charge in [0.25, 0.3) is 0 Å². The summed E-state index contributed by atoms with van der Waals surface area (Å²) in [6, 6.07) is 0. The second kappa shape index (κ2) is 3.20. The standard InChI is InChI=1S/C9H12O4/c1-2-3-6-4-9(5-6,7(10)11)8(12)13/h3H,2,4-5H2,1H3,(H,10,11)(H,12,13). The van der Waals surface area contributed by atoms with Crippen LogP contribution < -0.4 is 0 Å². The fourth-order valence-corrected chi connectivity index (χ4v) is 1.55. The van der Waals surface area contributed by atoms with Gasteiger partial charge in [-0.05, 0) is 19.3 Å². The number of hydrogen-bond donors (Lipinski definition) is 2. The fourth-order valence-electron chi connectivity index (χ4n) is 1.55. The van der Waals surface area contributed by atoms with Crippen molar-refractivity contribution >= 4 is 11.9 Å². The summed E-state index contributed by atoms with van der Waals surface area (Å²) >= 11 is 0. The van der Waals surface area contributed by atoms with Gasteiger partial charge in [-0.3, -0.25) is 9.59 Å². The van der Waals surface area contributed by atoms with E-state index in [1.807, 2.05) is 13.0 Å². The summed E-state index contributed by atoms with van der Waals surface area (Å²) in [5.41, 5.74) is -0.603. The van der Waals surface area contributed by atoms with E-state index in [0.717, 1.165) is 12.0 Å². The molecule has 2 N–H and O–H groups in total. The van der Waals surface area contributed by atoms with Crippen molar-refractivity contribution in [2.24, 2.45) is 5.41 Å². The molecule has 0 bridgehead atoms. The van der Waals surface area contributed by atoms with E-state index in [2.05, 4.69) is 0 Å². The van der Waals surface area contributed by atoms with Crippen molar-refractivity contribution in [3.8, 4) is 0 Å². The average Bonchev–Trinajstić information content (AvgIpc) is 1.93. The summed E-state index contributed by atoms with van der Waals surface area (Å²) < 4.78 is 0. The highest BCUT2D eigenvalue weighted by atomic mass is 16.4. The molecule has 0 aliphatic heterocycles. The Labute approximate surface area is 75.9 Å². The van der Waals surface area contributed by atoms with Crippen LogP contribution in [-0.4, -0.2) is 22.2 Å². The predicted molar refractivity (Wildman–Crippen MR) is 45.3 cm³/mol. The summed E-state index contributed by atoms with van der Waals surface area (Å²) in [4.78, 5) is 21.4. The van der Waals surface area contributed by atoms with Gasteiger partial charge in [0.05, 0.1) is 0 Å². The molecule has 0 unspecified atom stereocenters. The normalized spacial score (nSPS) is 19.0. The van der Waals surface area contributed by atoms with Crippen molar-refractivity contribution in [3.05, 3.63) is 11.6 Å². The molecule has 1 rings (SSSR count). The van der Waals surface area contributed by atoms with Crippen molar-refractivity contribution < 1.29 is 19.8 Å². The van der Waals surface area contributed by atoms with Crippen LogP contribution in [0.25, 0.3) is 0 Å². The van der Waals surface area contributed by atoms with Crippen molar-refractivity contribution in [1.29, 1.82) is 0 Å². The minimum atomic E-state index is -1.54. The van der Waals surface area contributed by atoms with Gasteiger partial charge >= 0.3 is 11.9 Å². The highest BCUT2D eigenvalue weighted by molar-refractivity contribution is 6.00. The highest BCUT2D eigenvalue weighted by Gasteiger charge is 2.54. The van der Waals surface area contributed by atoms with Crippen LogP contribution in [0.5, 0.6) is 0 Å². The lowest BCUT2D eigenvalue weighted by Gasteiger charge is -2.36. The molecule has 1 aliphatic rings. The van der Waals surface area contributed by atoms with Gasteiger partial charge in [0, 0.05) is 0 Å². The molecule has 0 saturated heterocycles. The summed E-state index contributed by atoms with van der Waals surface area (Å²) in [5.74, 6) is -2.46. The third-order valence-corrected chi connectivity index (χ3v) is 2.37. The van der Waals surface area contributed by atoms with Gasteiger partial charge in [-0.15, -0.1) is 0 Å². The van der Waals surface area contributed by atoms with E-state index in [0.29, 0.717) is 0 Å². The lowest BCUT2D eigenvalue weighted by atomic mass is 9.65. The highest BCUT2D eigenvalue weighted by Crippen LogP contribution is 2.45. The molecule has 0 radical (unpaired) electrons. The van der Waals surface area contributed by atoms with Crippen LogP contribution in [0.3, 0.4) is 0 Å². The molecule has 0 aromatic rings. The smallest absolute Gasteiger partial charge is 0.321 e. The van der Waals surface area contributed by atoms with Gasteiger partial charge in [0.1, 0.15) is 0 Å². The molecule has 0 heterocycles. The third kappa shape index (κ3) is 1.43. The summed E-state index contributed by atoms with van der Waals surface area (Å²) in [6.07, 6.45) is 3.03. The Hall–Kier alpha value is -1.32. The van der Waals surface area contributed by atoms with E-state index in [1.54, 1.807) is 0 Å². The maximum Gasteiger partial charge on any atom is 0.321 e. The van der Waals surface area contributed by atoms with Gasteiger partial charge in [-0.1, -0.05) is 18.6 Å². The predicted octanol–water partition coefficient (Wildman–Crippen LogP) is 1.27. The minimum absolute atomic E-state index is 0.158. The van der Waals surface area contributed by atoms with Crippen LogP contribution >= 0.6 is 0 Å². The van der Waals surface area contributed by atoms with Crippen LogP contribution in [0.15, 0.2) is 11.6 Å². The largest absolute Gasteiger partial charge is 0.480 e. The molecular formula is C9H12O4. The molecular weight excluding hydrogens is 172 g/mol. The number of carbonyl (C=O) groups is 2. The Bertz CT molecular complexity index is 253. The molecule has 1 aliphatic carbocycles. The van der Waals surface area contributed by atoms with Crippen LogP contribution in [0.2, 0.25) is 0 Å². The first-order chi connectivity index (χ1) is 6.03. The molecule has 0 aromatic heterocycles. The zero-order valence-corrected chi connectivity index (χ0v) is 7.41. The first-order valence-corrected chi connectivity index (χ1v) is 4.17. The zero-order chi connectivity index (χ0) is 10.1. The molecule has 0 atom stereocenters. The van der Waals surface area contributed by atoms with Crippen LogP contribution in [0.1, 0.15) is 26.2 Å². The van der Waals surface area contributed by atoms with Crippen molar-refractivity contribution in [1.82, 2.24) is 0 Å². The Morgan fingerprint density at radius 1 is 1.38 bits per heavy atom. The van der Waals surface area contributed by atoms with E-state index in [9.17, 15) is 9.59 Å². The van der Waals surface area contributed by atoms with Crippen molar-refractivity contribution in [2.45, 2.75) is 26.2 Å². The Morgan fingerprint density at radius 3 is 2.15 bits per heavy atom. The lowest BCUT2D eigenvalue weighted by molar-refractivity contribution is -0.167. The van der Waals surface area contributed by atoms with Gasteiger partial charge < -0.3 is 10.2 Å². The Kier molecular flexibility index (Phi) is 2.40. The average molecular weight is 184 g/mol. The van der Waals surface area contributed by atoms with Gasteiger partial charge in [0.15, 0.2) is 5.41 Å². The number of carboxylic acid groups (broad SMARTS) is 2. The van der Waals surface area contributed by atoms with E-state index < -0.39 is 17.4 Å². The summed E-state index contributed by atoms with van der Waals surface area (Å²) in [5, 5.41) is 17.5. The van der Waals surface area contributed by atoms with Crippen LogP contribution in [0.4, 0.5) is 0 Å². The molecule has 0 spiro atoms. The third-order valence-electron chi connectivity index (χ3n) is 2.37. The first-order valence-electron chi connectivity index (χ1n) is 4.17. The fraction of sp³-hybridized carbons (Fsp3) is 0.556. The second-order valence-corrected chi connectivity index (χ2v) is 3.32.